The first-order chi connectivity index (χ1) is 21.5. The minimum Gasteiger partial charge on any atom is -0.494 e. The molecule has 0 bridgehead atoms. The van der Waals surface area contributed by atoms with Gasteiger partial charge in [0.15, 0.2) is 5.17 Å². The van der Waals surface area contributed by atoms with Gasteiger partial charge in [-0.15, -0.1) is 0 Å². The molecule has 3 aromatic rings. The number of para-hydroxylation sites is 2. The molecule has 1 unspecified atom stereocenters. The van der Waals surface area contributed by atoms with Crippen LogP contribution in [0.2, 0.25) is 0 Å². The Hall–Kier alpha value is -4.64. The molecule has 0 aromatic heterocycles. The number of nitrogens with one attached hydrogen (secondary N) is 1. The van der Waals surface area contributed by atoms with Gasteiger partial charge in [0.2, 0.25) is 11.8 Å². The van der Waals surface area contributed by atoms with Crippen LogP contribution >= 0.6 is 11.8 Å². The SMILES string of the molecule is CCOc1ccc(NC(=O)CSC2=Nc3ccccc3C3=NC(=O)C(CCC(=O)N4CCN(c5ccccc5)CC4)N23)cc1. The lowest BCUT2D eigenvalue weighted by Crippen LogP contribution is -2.49. The summed E-state index contributed by atoms with van der Waals surface area (Å²) in [5, 5.41) is 3.42. The zero-order chi connectivity index (χ0) is 30.5. The molecule has 1 saturated heterocycles. The largest absolute Gasteiger partial charge is 0.494 e. The van der Waals surface area contributed by atoms with Crippen molar-refractivity contribution in [1.82, 2.24) is 9.80 Å². The number of ether oxygens (including phenoxy) is 1. The molecule has 11 heteroatoms. The van der Waals surface area contributed by atoms with Gasteiger partial charge in [0, 0.05) is 49.5 Å². The Bertz CT molecular complexity index is 1590. The molecule has 10 nitrogen and oxygen atoms in total. The van der Waals surface area contributed by atoms with Crippen molar-refractivity contribution in [3.05, 3.63) is 84.4 Å². The molecule has 226 valence electrons. The van der Waals surface area contributed by atoms with E-state index in [4.69, 9.17) is 9.73 Å². The number of rotatable bonds is 9. The number of aliphatic imine (C=N–C) groups is 2. The minimum atomic E-state index is -0.659. The van der Waals surface area contributed by atoms with E-state index in [-0.39, 0.29) is 29.9 Å². The van der Waals surface area contributed by atoms with Crippen LogP contribution in [-0.4, -0.2) is 83.1 Å². The van der Waals surface area contributed by atoms with Crippen LogP contribution in [0.15, 0.2) is 88.8 Å². The van der Waals surface area contributed by atoms with E-state index in [0.29, 0.717) is 48.5 Å². The van der Waals surface area contributed by atoms with Crippen LogP contribution in [0.4, 0.5) is 17.1 Å². The summed E-state index contributed by atoms with van der Waals surface area (Å²) < 4.78 is 5.47. The maximum atomic E-state index is 13.2. The van der Waals surface area contributed by atoms with E-state index >= 15 is 0 Å². The maximum absolute atomic E-state index is 13.2. The van der Waals surface area contributed by atoms with Crippen LogP contribution in [0.1, 0.15) is 25.3 Å². The van der Waals surface area contributed by atoms with E-state index in [9.17, 15) is 14.4 Å². The van der Waals surface area contributed by atoms with Gasteiger partial charge in [-0.3, -0.25) is 19.3 Å². The van der Waals surface area contributed by atoms with Crippen LogP contribution in [0.3, 0.4) is 0 Å². The Morgan fingerprint density at radius 1 is 0.932 bits per heavy atom. The van der Waals surface area contributed by atoms with Gasteiger partial charge in [0.05, 0.1) is 18.0 Å². The first-order valence-corrected chi connectivity index (χ1v) is 15.8. The third-order valence-electron chi connectivity index (χ3n) is 7.77. The quantitative estimate of drug-likeness (QED) is 0.379. The molecule has 3 aromatic carbocycles. The molecule has 3 heterocycles. The van der Waals surface area contributed by atoms with Crippen LogP contribution < -0.4 is 15.0 Å². The van der Waals surface area contributed by atoms with Gasteiger partial charge >= 0.3 is 0 Å². The second-order valence-electron chi connectivity index (χ2n) is 10.6. The van der Waals surface area contributed by atoms with Crippen LogP contribution in [0.25, 0.3) is 0 Å². The lowest BCUT2D eigenvalue weighted by Gasteiger charge is -2.36. The molecule has 1 N–H and O–H groups in total. The second kappa shape index (κ2) is 13.3. The average molecular weight is 611 g/mol. The molecule has 6 rings (SSSR count). The normalized spacial score (nSPS) is 17.4. The lowest BCUT2D eigenvalue weighted by atomic mass is 10.1. The van der Waals surface area contributed by atoms with Gasteiger partial charge in [-0.05, 0) is 61.9 Å². The van der Waals surface area contributed by atoms with Crippen molar-refractivity contribution < 1.29 is 19.1 Å². The molecular weight excluding hydrogens is 576 g/mol. The Morgan fingerprint density at radius 2 is 1.66 bits per heavy atom. The number of nitrogens with zero attached hydrogens (tertiary/aromatic N) is 5. The number of thioether (sulfide) groups is 1. The summed E-state index contributed by atoms with van der Waals surface area (Å²) in [6, 6.07) is 24.3. The van der Waals surface area contributed by atoms with Gasteiger partial charge in [0.25, 0.3) is 5.91 Å². The number of hydrogen-bond acceptors (Lipinski definition) is 8. The monoisotopic (exact) mass is 610 g/mol. The molecular formula is C33H34N6O4S. The molecule has 0 saturated carbocycles. The first kappa shape index (κ1) is 29.4. The summed E-state index contributed by atoms with van der Waals surface area (Å²) in [6.07, 6.45) is 0.530. The summed E-state index contributed by atoms with van der Waals surface area (Å²) in [6.45, 7) is 5.29. The van der Waals surface area contributed by atoms with Gasteiger partial charge in [0.1, 0.15) is 17.6 Å². The number of fused-ring (bicyclic) bond motifs is 3. The van der Waals surface area contributed by atoms with Crippen molar-refractivity contribution in [2.75, 3.05) is 48.8 Å². The molecule has 44 heavy (non-hydrogen) atoms. The Morgan fingerprint density at radius 3 is 2.41 bits per heavy atom. The number of anilines is 2. The lowest BCUT2D eigenvalue weighted by molar-refractivity contribution is -0.132. The third-order valence-corrected chi connectivity index (χ3v) is 8.73. The number of hydrogen-bond donors (Lipinski definition) is 1. The van der Waals surface area contributed by atoms with Crippen molar-refractivity contribution in [3.8, 4) is 5.75 Å². The Labute approximate surface area is 260 Å². The minimum absolute atomic E-state index is 0.0252. The van der Waals surface area contributed by atoms with E-state index in [1.165, 1.54) is 11.8 Å². The number of carbonyl (C=O) groups excluding carboxylic acids is 3. The molecule has 3 amide bonds. The summed E-state index contributed by atoms with van der Waals surface area (Å²) in [4.78, 5) is 54.5. The molecule has 3 aliphatic rings. The average Bonchev–Trinajstić information content (AvgIpc) is 3.40. The molecule has 0 radical (unpaired) electrons. The standard InChI is InChI=1S/C33H34N6O4S/c1-2-43-25-14-12-23(13-15-25)34-29(40)22-44-33-35-27-11-7-6-10-26(27)31-36-32(42)28(39(31)33)16-17-30(41)38-20-18-37(19-21-38)24-8-4-3-5-9-24/h3-15,28H,2,16-22H2,1H3,(H,34,40). The maximum Gasteiger partial charge on any atom is 0.270 e. The van der Waals surface area contributed by atoms with E-state index in [2.05, 4.69) is 27.3 Å². The summed E-state index contributed by atoms with van der Waals surface area (Å²) >= 11 is 1.25. The highest BCUT2D eigenvalue weighted by Gasteiger charge is 2.42. The zero-order valence-corrected chi connectivity index (χ0v) is 25.3. The Kier molecular flexibility index (Phi) is 8.92. The number of amidine groups is 2. The highest BCUT2D eigenvalue weighted by molar-refractivity contribution is 8.14. The van der Waals surface area contributed by atoms with Crippen molar-refractivity contribution in [2.45, 2.75) is 25.8 Å². The van der Waals surface area contributed by atoms with Crippen molar-refractivity contribution in [2.24, 2.45) is 9.98 Å². The molecule has 3 aliphatic heterocycles. The molecule has 0 spiro atoms. The predicted octanol–water partition coefficient (Wildman–Crippen LogP) is 4.54. The van der Waals surface area contributed by atoms with Crippen molar-refractivity contribution in [1.29, 1.82) is 0 Å². The smallest absolute Gasteiger partial charge is 0.270 e. The fourth-order valence-electron chi connectivity index (χ4n) is 5.58. The highest BCUT2D eigenvalue weighted by atomic mass is 32.2. The molecule has 0 aliphatic carbocycles. The fourth-order valence-corrected chi connectivity index (χ4v) is 6.42. The van der Waals surface area contributed by atoms with Crippen molar-refractivity contribution >= 4 is 57.5 Å². The summed E-state index contributed by atoms with van der Waals surface area (Å²) in [5.41, 5.74) is 3.27. The van der Waals surface area contributed by atoms with E-state index in [1.54, 1.807) is 17.0 Å². The van der Waals surface area contributed by atoms with Gasteiger partial charge in [-0.1, -0.05) is 42.1 Å². The van der Waals surface area contributed by atoms with E-state index < -0.39 is 6.04 Å². The highest BCUT2D eigenvalue weighted by Crippen LogP contribution is 2.35. The first-order valence-electron chi connectivity index (χ1n) is 14.8. The topological polar surface area (TPSA) is 107 Å². The number of benzene rings is 3. The number of carbonyl (C=O) groups is 3. The third kappa shape index (κ3) is 6.47. The Balaban J connectivity index is 1.09. The van der Waals surface area contributed by atoms with E-state index in [1.807, 2.05) is 66.4 Å². The van der Waals surface area contributed by atoms with Gasteiger partial charge in [-0.2, -0.15) is 4.99 Å². The van der Waals surface area contributed by atoms with Crippen molar-refractivity contribution in [3.63, 3.8) is 0 Å². The van der Waals surface area contributed by atoms with E-state index in [0.717, 1.165) is 30.1 Å². The number of amides is 3. The number of piperazine rings is 1. The van der Waals surface area contributed by atoms with Gasteiger partial charge in [-0.25, -0.2) is 4.99 Å². The molecule has 1 fully saturated rings. The van der Waals surface area contributed by atoms with Gasteiger partial charge < -0.3 is 19.9 Å². The summed E-state index contributed by atoms with van der Waals surface area (Å²) in [7, 11) is 0. The van der Waals surface area contributed by atoms with Crippen LogP contribution in [0, 0.1) is 0 Å². The second-order valence-corrected chi connectivity index (χ2v) is 11.5. The van der Waals surface area contributed by atoms with Crippen LogP contribution in [-0.2, 0) is 14.4 Å². The fraction of sp³-hybridized carbons (Fsp3) is 0.303. The predicted molar refractivity (Wildman–Crippen MR) is 174 cm³/mol. The molecule has 1 atom stereocenters. The van der Waals surface area contributed by atoms with Crippen LogP contribution in [0.5, 0.6) is 5.75 Å². The zero-order valence-electron chi connectivity index (χ0n) is 24.5. The summed E-state index contributed by atoms with van der Waals surface area (Å²) in [5.74, 6) is 0.862.